The molecule has 4 heteroatoms. The number of benzene rings is 1. The standard InChI is InChI=1S/C14H15BrN2O/c1-2-17-10-12(7-8-14(17)18)16-9-11-5-3-4-6-13(11)15/h3-8,10,16H,2,9H2,1H3. The summed E-state index contributed by atoms with van der Waals surface area (Å²) < 4.78 is 2.77. The highest BCUT2D eigenvalue weighted by atomic mass is 79.9. The van der Waals surface area contributed by atoms with Crippen molar-refractivity contribution in [2.24, 2.45) is 0 Å². The summed E-state index contributed by atoms with van der Waals surface area (Å²) >= 11 is 3.51. The van der Waals surface area contributed by atoms with E-state index in [1.54, 1.807) is 10.6 Å². The Labute approximate surface area is 115 Å². The molecule has 0 spiro atoms. The molecule has 1 N–H and O–H groups in total. The van der Waals surface area contributed by atoms with Crippen LogP contribution in [0.15, 0.2) is 51.9 Å². The van der Waals surface area contributed by atoms with Crippen LogP contribution >= 0.6 is 15.9 Å². The predicted octanol–water partition coefficient (Wildman–Crippen LogP) is 3.24. The van der Waals surface area contributed by atoms with E-state index in [1.165, 1.54) is 5.56 Å². The summed E-state index contributed by atoms with van der Waals surface area (Å²) in [7, 11) is 0. The molecular weight excluding hydrogens is 292 g/mol. The van der Waals surface area contributed by atoms with Crippen LogP contribution in [0.5, 0.6) is 0 Å². The van der Waals surface area contributed by atoms with E-state index in [-0.39, 0.29) is 5.56 Å². The Kier molecular flexibility index (Phi) is 4.20. The van der Waals surface area contributed by atoms with Gasteiger partial charge in [-0.1, -0.05) is 34.1 Å². The Morgan fingerprint density at radius 2 is 2.00 bits per heavy atom. The highest BCUT2D eigenvalue weighted by molar-refractivity contribution is 9.10. The van der Waals surface area contributed by atoms with Gasteiger partial charge in [0.05, 0.1) is 5.69 Å². The fourth-order valence-electron chi connectivity index (χ4n) is 1.72. The number of hydrogen-bond donors (Lipinski definition) is 1. The van der Waals surface area contributed by atoms with E-state index in [1.807, 2.05) is 37.4 Å². The van der Waals surface area contributed by atoms with Crippen molar-refractivity contribution in [3.8, 4) is 0 Å². The molecule has 2 rings (SSSR count). The summed E-state index contributed by atoms with van der Waals surface area (Å²) in [6.45, 7) is 3.37. The molecule has 0 saturated carbocycles. The van der Waals surface area contributed by atoms with Gasteiger partial charge in [0, 0.05) is 29.8 Å². The minimum Gasteiger partial charge on any atom is -0.380 e. The van der Waals surface area contributed by atoms with Crippen LogP contribution < -0.4 is 10.9 Å². The first-order chi connectivity index (χ1) is 8.70. The fraction of sp³-hybridized carbons (Fsp3) is 0.214. The van der Waals surface area contributed by atoms with Gasteiger partial charge in [0.15, 0.2) is 0 Å². The van der Waals surface area contributed by atoms with E-state index in [0.29, 0.717) is 6.54 Å². The highest BCUT2D eigenvalue weighted by Gasteiger charge is 2.00. The molecule has 0 radical (unpaired) electrons. The maximum Gasteiger partial charge on any atom is 0.250 e. The van der Waals surface area contributed by atoms with E-state index in [2.05, 4.69) is 27.3 Å². The molecule has 1 heterocycles. The summed E-state index contributed by atoms with van der Waals surface area (Å²) in [5, 5.41) is 3.31. The maximum atomic E-state index is 11.5. The summed E-state index contributed by atoms with van der Waals surface area (Å²) in [6.07, 6.45) is 1.85. The van der Waals surface area contributed by atoms with Crippen molar-refractivity contribution < 1.29 is 0 Å². The number of anilines is 1. The quantitative estimate of drug-likeness (QED) is 0.941. The number of nitrogens with zero attached hydrogens (tertiary/aromatic N) is 1. The number of rotatable bonds is 4. The van der Waals surface area contributed by atoms with Crippen LogP contribution in [0, 0.1) is 0 Å². The zero-order chi connectivity index (χ0) is 13.0. The lowest BCUT2D eigenvalue weighted by atomic mass is 10.2. The molecule has 1 aromatic heterocycles. The monoisotopic (exact) mass is 306 g/mol. The minimum atomic E-state index is 0.0314. The second kappa shape index (κ2) is 5.87. The van der Waals surface area contributed by atoms with E-state index in [0.717, 1.165) is 16.7 Å². The van der Waals surface area contributed by atoms with Gasteiger partial charge in [-0.25, -0.2) is 0 Å². The molecule has 0 atom stereocenters. The number of aromatic nitrogens is 1. The zero-order valence-corrected chi connectivity index (χ0v) is 11.8. The molecule has 0 aliphatic carbocycles. The molecule has 0 bridgehead atoms. The number of nitrogens with one attached hydrogen (secondary N) is 1. The first kappa shape index (κ1) is 12.9. The Morgan fingerprint density at radius 1 is 1.22 bits per heavy atom. The third-order valence-electron chi connectivity index (χ3n) is 2.76. The second-order valence-corrected chi connectivity index (χ2v) is 4.84. The lowest BCUT2D eigenvalue weighted by molar-refractivity contribution is 0.727. The highest BCUT2D eigenvalue weighted by Crippen LogP contribution is 2.17. The number of aryl methyl sites for hydroxylation is 1. The minimum absolute atomic E-state index is 0.0314. The average molecular weight is 307 g/mol. The lowest BCUT2D eigenvalue weighted by Crippen LogP contribution is -2.17. The SMILES string of the molecule is CCn1cc(NCc2ccccc2Br)ccc1=O. The van der Waals surface area contributed by atoms with E-state index >= 15 is 0 Å². The lowest BCUT2D eigenvalue weighted by Gasteiger charge is -2.10. The van der Waals surface area contributed by atoms with Crippen LogP contribution in [-0.2, 0) is 13.1 Å². The van der Waals surface area contributed by atoms with Crippen LogP contribution in [0.4, 0.5) is 5.69 Å². The zero-order valence-electron chi connectivity index (χ0n) is 10.2. The van der Waals surface area contributed by atoms with E-state index < -0.39 is 0 Å². The number of hydrogen-bond acceptors (Lipinski definition) is 2. The molecular formula is C14H15BrN2O. The van der Waals surface area contributed by atoms with Crippen molar-refractivity contribution >= 4 is 21.6 Å². The topological polar surface area (TPSA) is 34.0 Å². The first-order valence-electron chi connectivity index (χ1n) is 5.88. The Bertz CT molecular complexity index is 592. The fourth-order valence-corrected chi connectivity index (χ4v) is 2.15. The van der Waals surface area contributed by atoms with Crippen molar-refractivity contribution in [2.75, 3.05) is 5.32 Å². The van der Waals surface area contributed by atoms with Crippen molar-refractivity contribution in [3.63, 3.8) is 0 Å². The van der Waals surface area contributed by atoms with Crippen molar-refractivity contribution in [3.05, 3.63) is 63.0 Å². The normalized spacial score (nSPS) is 10.3. The van der Waals surface area contributed by atoms with E-state index in [9.17, 15) is 4.79 Å². The van der Waals surface area contributed by atoms with Gasteiger partial charge in [-0.05, 0) is 24.6 Å². The summed E-state index contributed by atoms with van der Waals surface area (Å²) in [5.41, 5.74) is 2.17. The molecule has 0 fully saturated rings. The second-order valence-electron chi connectivity index (χ2n) is 3.99. The van der Waals surface area contributed by atoms with Gasteiger partial charge in [0.25, 0.3) is 5.56 Å². The summed E-state index contributed by atoms with van der Waals surface area (Å²) in [4.78, 5) is 11.5. The van der Waals surface area contributed by atoms with Crippen molar-refractivity contribution in [1.82, 2.24) is 4.57 Å². The Balaban J connectivity index is 2.11. The van der Waals surface area contributed by atoms with Crippen LogP contribution in [0.1, 0.15) is 12.5 Å². The van der Waals surface area contributed by atoms with E-state index in [4.69, 9.17) is 0 Å². The molecule has 0 saturated heterocycles. The van der Waals surface area contributed by atoms with Crippen molar-refractivity contribution in [1.29, 1.82) is 0 Å². The summed E-state index contributed by atoms with van der Waals surface area (Å²) in [5.74, 6) is 0. The smallest absolute Gasteiger partial charge is 0.250 e. The van der Waals surface area contributed by atoms with Crippen LogP contribution in [-0.4, -0.2) is 4.57 Å². The molecule has 2 aromatic rings. The average Bonchev–Trinajstić information content (AvgIpc) is 2.39. The third-order valence-corrected chi connectivity index (χ3v) is 3.54. The van der Waals surface area contributed by atoms with Gasteiger partial charge in [-0.3, -0.25) is 4.79 Å². The molecule has 0 amide bonds. The summed E-state index contributed by atoms with van der Waals surface area (Å²) in [6, 6.07) is 11.5. The van der Waals surface area contributed by atoms with Crippen LogP contribution in [0.3, 0.4) is 0 Å². The van der Waals surface area contributed by atoms with Gasteiger partial charge in [0.1, 0.15) is 0 Å². The van der Waals surface area contributed by atoms with Gasteiger partial charge in [0.2, 0.25) is 0 Å². The molecule has 0 aliphatic heterocycles. The molecule has 3 nitrogen and oxygen atoms in total. The first-order valence-corrected chi connectivity index (χ1v) is 6.68. The van der Waals surface area contributed by atoms with Gasteiger partial charge in [-0.15, -0.1) is 0 Å². The van der Waals surface area contributed by atoms with Gasteiger partial charge < -0.3 is 9.88 Å². The van der Waals surface area contributed by atoms with Crippen LogP contribution in [0.25, 0.3) is 0 Å². The van der Waals surface area contributed by atoms with Gasteiger partial charge >= 0.3 is 0 Å². The Morgan fingerprint density at radius 3 is 2.72 bits per heavy atom. The Hall–Kier alpha value is -1.55. The molecule has 0 unspecified atom stereocenters. The largest absolute Gasteiger partial charge is 0.380 e. The third kappa shape index (κ3) is 3.01. The number of pyridine rings is 1. The molecule has 94 valence electrons. The maximum absolute atomic E-state index is 11.5. The molecule has 0 aliphatic rings. The van der Waals surface area contributed by atoms with Crippen LogP contribution in [0.2, 0.25) is 0 Å². The molecule has 18 heavy (non-hydrogen) atoms. The predicted molar refractivity (Wildman–Crippen MR) is 77.8 cm³/mol. The van der Waals surface area contributed by atoms with Crippen molar-refractivity contribution in [2.45, 2.75) is 20.0 Å². The molecule has 1 aromatic carbocycles. The number of halogens is 1. The van der Waals surface area contributed by atoms with Gasteiger partial charge in [-0.2, -0.15) is 0 Å².